The van der Waals surface area contributed by atoms with Gasteiger partial charge >= 0.3 is 17.9 Å². The number of ether oxygens (including phenoxy) is 3. The van der Waals surface area contributed by atoms with E-state index in [-0.39, 0.29) is 31.1 Å². The molecule has 0 rings (SSSR count). The van der Waals surface area contributed by atoms with Gasteiger partial charge in [0, 0.05) is 19.3 Å². The van der Waals surface area contributed by atoms with Gasteiger partial charge in [-0.05, 0) is 57.8 Å². The molecule has 0 amide bonds. The van der Waals surface area contributed by atoms with E-state index in [1.165, 1.54) is 225 Å². The first-order chi connectivity index (χ1) is 35.0. The van der Waals surface area contributed by atoms with Gasteiger partial charge in [0.15, 0.2) is 6.10 Å². The van der Waals surface area contributed by atoms with E-state index in [1.807, 2.05) is 0 Å². The molecular weight excluding hydrogens is 877 g/mol. The normalized spacial score (nSPS) is 12.2. The molecule has 0 aliphatic carbocycles. The first kappa shape index (κ1) is 68.6. The van der Waals surface area contributed by atoms with E-state index in [1.54, 1.807) is 0 Å². The second-order valence-corrected chi connectivity index (χ2v) is 21.3. The van der Waals surface area contributed by atoms with Crippen LogP contribution in [-0.2, 0) is 28.6 Å². The summed E-state index contributed by atoms with van der Waals surface area (Å²) in [6, 6.07) is 0. The molecule has 0 aliphatic heterocycles. The minimum absolute atomic E-state index is 0.0709. The van der Waals surface area contributed by atoms with Crippen LogP contribution < -0.4 is 0 Å². The molecule has 0 aromatic rings. The van der Waals surface area contributed by atoms with Gasteiger partial charge in [-0.15, -0.1) is 0 Å². The van der Waals surface area contributed by atoms with Crippen molar-refractivity contribution in [1.82, 2.24) is 0 Å². The second kappa shape index (κ2) is 60.2. The Hall–Kier alpha value is -2.37. The Labute approximate surface area is 442 Å². The molecule has 0 heterocycles. The number of esters is 3. The minimum atomic E-state index is -0.774. The zero-order valence-corrected chi connectivity index (χ0v) is 47.8. The molecule has 416 valence electrons. The first-order valence-electron chi connectivity index (χ1n) is 31.5. The average Bonchev–Trinajstić information content (AvgIpc) is 3.37. The van der Waals surface area contributed by atoms with Gasteiger partial charge in [0.25, 0.3) is 0 Å². The van der Waals surface area contributed by atoms with E-state index in [4.69, 9.17) is 14.2 Å². The zero-order valence-electron chi connectivity index (χ0n) is 47.8. The molecular formula is C65H120O6. The quantitative estimate of drug-likeness (QED) is 0.0261. The number of unbranched alkanes of at least 4 members (excludes halogenated alkanes) is 41. The highest BCUT2D eigenvalue weighted by Gasteiger charge is 2.19. The van der Waals surface area contributed by atoms with Crippen LogP contribution in [0.25, 0.3) is 0 Å². The fourth-order valence-corrected chi connectivity index (χ4v) is 9.39. The lowest BCUT2D eigenvalue weighted by atomic mass is 10.0. The third-order valence-corrected chi connectivity index (χ3v) is 14.1. The van der Waals surface area contributed by atoms with Crippen molar-refractivity contribution in [2.45, 2.75) is 348 Å². The van der Waals surface area contributed by atoms with Crippen LogP contribution in [0.3, 0.4) is 0 Å². The third-order valence-electron chi connectivity index (χ3n) is 14.1. The predicted octanol–water partition coefficient (Wildman–Crippen LogP) is 21.2. The van der Waals surface area contributed by atoms with E-state index in [0.29, 0.717) is 19.3 Å². The molecule has 0 aromatic carbocycles. The predicted molar refractivity (Wildman–Crippen MR) is 307 cm³/mol. The van der Waals surface area contributed by atoms with Gasteiger partial charge in [-0.3, -0.25) is 14.4 Å². The smallest absolute Gasteiger partial charge is 0.306 e. The molecule has 0 saturated carbocycles. The third kappa shape index (κ3) is 58.4. The lowest BCUT2D eigenvalue weighted by Gasteiger charge is -2.18. The summed E-state index contributed by atoms with van der Waals surface area (Å²) in [7, 11) is 0. The van der Waals surface area contributed by atoms with Crippen LogP contribution in [0.2, 0.25) is 0 Å². The maximum atomic E-state index is 12.9. The molecule has 0 aliphatic rings. The fraction of sp³-hybridized carbons (Fsp3) is 0.862. The topological polar surface area (TPSA) is 78.9 Å². The summed E-state index contributed by atoms with van der Waals surface area (Å²) in [5, 5.41) is 0. The summed E-state index contributed by atoms with van der Waals surface area (Å²) in [5.41, 5.74) is 0. The monoisotopic (exact) mass is 997 g/mol. The van der Waals surface area contributed by atoms with Gasteiger partial charge in [0.2, 0.25) is 0 Å². The molecule has 0 radical (unpaired) electrons. The summed E-state index contributed by atoms with van der Waals surface area (Å²) in [6.45, 7) is 6.68. The SMILES string of the molecule is CCCCCCC/C=C\C/C=C\C/C=C\CCCCCCCCC(=O)OCC(COC(=O)CCCCCCCCCCCCCCCCC)OC(=O)CCCCCCCCCCCCCCCCCCC. The first-order valence-corrected chi connectivity index (χ1v) is 31.5. The lowest BCUT2D eigenvalue weighted by molar-refractivity contribution is -0.167. The summed E-state index contributed by atoms with van der Waals surface area (Å²) in [6.07, 6.45) is 72.8. The summed E-state index contributed by atoms with van der Waals surface area (Å²) >= 11 is 0. The van der Waals surface area contributed by atoms with Crippen LogP contribution in [0, 0.1) is 0 Å². The Morgan fingerprint density at radius 1 is 0.282 bits per heavy atom. The number of allylic oxidation sites excluding steroid dienone is 6. The number of carbonyl (C=O) groups excluding carboxylic acids is 3. The van der Waals surface area contributed by atoms with E-state index in [2.05, 4.69) is 57.2 Å². The highest BCUT2D eigenvalue weighted by molar-refractivity contribution is 5.71. The molecule has 0 bridgehead atoms. The van der Waals surface area contributed by atoms with Gasteiger partial charge in [0.1, 0.15) is 13.2 Å². The maximum absolute atomic E-state index is 12.9. The van der Waals surface area contributed by atoms with Crippen molar-refractivity contribution in [2.75, 3.05) is 13.2 Å². The van der Waals surface area contributed by atoms with Gasteiger partial charge < -0.3 is 14.2 Å². The summed E-state index contributed by atoms with van der Waals surface area (Å²) in [5.74, 6) is -0.859. The van der Waals surface area contributed by atoms with Gasteiger partial charge in [-0.1, -0.05) is 301 Å². The molecule has 0 fully saturated rings. The summed E-state index contributed by atoms with van der Waals surface area (Å²) < 4.78 is 16.9. The Morgan fingerprint density at radius 3 is 0.789 bits per heavy atom. The molecule has 0 aromatic heterocycles. The second-order valence-electron chi connectivity index (χ2n) is 21.3. The molecule has 0 N–H and O–H groups in total. The number of carbonyl (C=O) groups is 3. The largest absolute Gasteiger partial charge is 0.462 e. The van der Waals surface area contributed by atoms with Crippen molar-refractivity contribution in [1.29, 1.82) is 0 Å². The van der Waals surface area contributed by atoms with Crippen molar-refractivity contribution >= 4 is 17.9 Å². The Bertz CT molecular complexity index is 1190. The maximum Gasteiger partial charge on any atom is 0.306 e. The standard InChI is InChI=1S/C65H120O6/c1-4-7-10-13-16-19-22-25-28-30-31-32-33-35-37-40-43-46-49-52-55-58-64(67)70-61-62(60-69-63(66)57-54-51-48-45-42-39-36-27-24-21-18-15-12-9-6-3)71-65(68)59-56-53-50-47-44-41-38-34-29-26-23-20-17-14-11-8-5-2/h22,25,30-31,33,35,62H,4-21,23-24,26-29,32,34,36-61H2,1-3H3/b25-22-,31-30-,35-33-. The number of rotatable bonds is 58. The van der Waals surface area contributed by atoms with Crippen LogP contribution in [0.1, 0.15) is 342 Å². The molecule has 1 unspecified atom stereocenters. The van der Waals surface area contributed by atoms with E-state index in [9.17, 15) is 14.4 Å². The summed E-state index contributed by atoms with van der Waals surface area (Å²) in [4.78, 5) is 38.3. The highest BCUT2D eigenvalue weighted by atomic mass is 16.6. The highest BCUT2D eigenvalue weighted by Crippen LogP contribution is 2.17. The lowest BCUT2D eigenvalue weighted by Crippen LogP contribution is -2.30. The average molecular weight is 998 g/mol. The van der Waals surface area contributed by atoms with Crippen LogP contribution in [-0.4, -0.2) is 37.2 Å². The van der Waals surface area contributed by atoms with Crippen molar-refractivity contribution in [3.63, 3.8) is 0 Å². The fourth-order valence-electron chi connectivity index (χ4n) is 9.39. The van der Waals surface area contributed by atoms with Crippen molar-refractivity contribution in [2.24, 2.45) is 0 Å². The Morgan fingerprint density at radius 2 is 0.507 bits per heavy atom. The Kier molecular flexibility index (Phi) is 58.2. The number of hydrogen-bond donors (Lipinski definition) is 0. The van der Waals surface area contributed by atoms with Crippen LogP contribution in [0.4, 0.5) is 0 Å². The van der Waals surface area contributed by atoms with Gasteiger partial charge in [0.05, 0.1) is 0 Å². The van der Waals surface area contributed by atoms with Crippen LogP contribution in [0.5, 0.6) is 0 Å². The van der Waals surface area contributed by atoms with Gasteiger partial charge in [-0.2, -0.15) is 0 Å². The van der Waals surface area contributed by atoms with Gasteiger partial charge in [-0.25, -0.2) is 0 Å². The molecule has 6 nitrogen and oxygen atoms in total. The zero-order chi connectivity index (χ0) is 51.4. The molecule has 0 saturated heterocycles. The van der Waals surface area contributed by atoms with E-state index in [0.717, 1.165) is 77.0 Å². The van der Waals surface area contributed by atoms with E-state index < -0.39 is 6.10 Å². The molecule has 71 heavy (non-hydrogen) atoms. The molecule has 1 atom stereocenters. The van der Waals surface area contributed by atoms with Crippen molar-refractivity contribution in [3.05, 3.63) is 36.5 Å². The van der Waals surface area contributed by atoms with Crippen LogP contribution >= 0.6 is 0 Å². The Balaban J connectivity index is 4.34. The van der Waals surface area contributed by atoms with Crippen molar-refractivity contribution in [3.8, 4) is 0 Å². The van der Waals surface area contributed by atoms with Crippen molar-refractivity contribution < 1.29 is 28.6 Å². The van der Waals surface area contributed by atoms with E-state index >= 15 is 0 Å². The van der Waals surface area contributed by atoms with Crippen LogP contribution in [0.15, 0.2) is 36.5 Å². The minimum Gasteiger partial charge on any atom is -0.462 e. The molecule has 0 spiro atoms. The molecule has 6 heteroatoms. The number of hydrogen-bond acceptors (Lipinski definition) is 6.